The van der Waals surface area contributed by atoms with E-state index >= 15 is 0 Å². The summed E-state index contributed by atoms with van der Waals surface area (Å²) in [4.78, 5) is 0. The molecule has 2 rings (SSSR count). The van der Waals surface area contributed by atoms with Gasteiger partial charge in [0.2, 0.25) is 0 Å². The topological polar surface area (TPSA) is 18.5 Å². The summed E-state index contributed by atoms with van der Waals surface area (Å²) in [5.74, 6) is -0.422. The lowest BCUT2D eigenvalue weighted by atomic mass is 10.0. The Morgan fingerprint density at radius 1 is 1.46 bits per heavy atom. The molecule has 0 bridgehead atoms. The van der Waals surface area contributed by atoms with Crippen molar-refractivity contribution in [2.24, 2.45) is 0 Å². The lowest BCUT2D eigenvalue weighted by Gasteiger charge is -2.25. The van der Waals surface area contributed by atoms with Crippen LogP contribution in [0.1, 0.15) is 25.3 Å². The van der Waals surface area contributed by atoms with E-state index in [1.54, 1.807) is 11.3 Å². The van der Waals surface area contributed by atoms with E-state index in [9.17, 15) is 0 Å². The maximum Gasteiger partial charge on any atom is 0.195 e. The van der Waals surface area contributed by atoms with Crippen molar-refractivity contribution in [3.63, 3.8) is 0 Å². The van der Waals surface area contributed by atoms with E-state index in [-0.39, 0.29) is 0 Å². The predicted molar refractivity (Wildman–Crippen MR) is 52.8 cm³/mol. The Bertz CT molecular complexity index is 250. The molecule has 0 aliphatic carbocycles. The first kappa shape index (κ1) is 9.19. The molecule has 2 nitrogen and oxygen atoms in total. The molecule has 1 aliphatic heterocycles. The first-order chi connectivity index (χ1) is 6.37. The van der Waals surface area contributed by atoms with Gasteiger partial charge in [0.1, 0.15) is 0 Å². The molecule has 1 aromatic heterocycles. The van der Waals surface area contributed by atoms with E-state index in [2.05, 4.69) is 23.8 Å². The molecule has 13 heavy (non-hydrogen) atoms. The smallest absolute Gasteiger partial charge is 0.195 e. The minimum atomic E-state index is -0.422. The van der Waals surface area contributed by atoms with Gasteiger partial charge < -0.3 is 9.47 Å². The van der Waals surface area contributed by atoms with Gasteiger partial charge in [0.05, 0.1) is 13.2 Å². The summed E-state index contributed by atoms with van der Waals surface area (Å²) < 4.78 is 11.4. The Morgan fingerprint density at radius 2 is 2.23 bits per heavy atom. The molecule has 0 aromatic carbocycles. The molecule has 0 radical (unpaired) electrons. The largest absolute Gasteiger partial charge is 0.343 e. The van der Waals surface area contributed by atoms with Gasteiger partial charge in [0.25, 0.3) is 0 Å². The summed E-state index contributed by atoms with van der Waals surface area (Å²) in [6.07, 6.45) is 2.03. The van der Waals surface area contributed by atoms with Crippen LogP contribution in [0.4, 0.5) is 0 Å². The fourth-order valence-electron chi connectivity index (χ4n) is 1.72. The number of ether oxygens (including phenoxy) is 2. The van der Waals surface area contributed by atoms with Crippen molar-refractivity contribution in [1.29, 1.82) is 0 Å². The number of hydrogen-bond acceptors (Lipinski definition) is 3. The fraction of sp³-hybridized carbons (Fsp3) is 0.600. The lowest BCUT2D eigenvalue weighted by molar-refractivity contribution is -0.170. The van der Waals surface area contributed by atoms with Gasteiger partial charge in [-0.3, -0.25) is 0 Å². The second-order valence-corrected chi connectivity index (χ2v) is 3.99. The highest BCUT2D eigenvalue weighted by Gasteiger charge is 2.37. The second-order valence-electron chi connectivity index (χ2n) is 3.21. The first-order valence-electron chi connectivity index (χ1n) is 4.68. The maximum absolute atomic E-state index is 5.71. The zero-order chi connectivity index (χ0) is 9.15. The highest BCUT2D eigenvalue weighted by Crippen LogP contribution is 2.36. The minimum absolute atomic E-state index is 0.422. The van der Waals surface area contributed by atoms with Crippen LogP contribution in [-0.2, 0) is 15.3 Å². The molecule has 1 aliphatic rings. The van der Waals surface area contributed by atoms with Crippen LogP contribution in [0.15, 0.2) is 16.8 Å². The molecule has 0 spiro atoms. The van der Waals surface area contributed by atoms with E-state index in [4.69, 9.17) is 9.47 Å². The van der Waals surface area contributed by atoms with Gasteiger partial charge in [-0.1, -0.05) is 13.3 Å². The molecule has 1 saturated heterocycles. The van der Waals surface area contributed by atoms with Crippen molar-refractivity contribution < 1.29 is 9.47 Å². The summed E-state index contributed by atoms with van der Waals surface area (Å²) in [5, 5.41) is 4.18. The Morgan fingerprint density at radius 3 is 2.77 bits per heavy atom. The van der Waals surface area contributed by atoms with Gasteiger partial charge in [-0.2, -0.15) is 11.3 Å². The first-order valence-corrected chi connectivity index (χ1v) is 5.62. The van der Waals surface area contributed by atoms with Crippen molar-refractivity contribution in [1.82, 2.24) is 0 Å². The van der Waals surface area contributed by atoms with Gasteiger partial charge >= 0.3 is 0 Å². The highest BCUT2D eigenvalue weighted by molar-refractivity contribution is 7.08. The number of hydrogen-bond donors (Lipinski definition) is 0. The summed E-state index contributed by atoms with van der Waals surface area (Å²) >= 11 is 1.69. The quantitative estimate of drug-likeness (QED) is 0.743. The van der Waals surface area contributed by atoms with Crippen molar-refractivity contribution >= 4 is 11.3 Å². The highest BCUT2D eigenvalue weighted by atomic mass is 32.1. The molecule has 2 heterocycles. The summed E-state index contributed by atoms with van der Waals surface area (Å²) in [6, 6.07) is 2.09. The van der Waals surface area contributed by atoms with Crippen molar-refractivity contribution in [3.05, 3.63) is 22.4 Å². The fourth-order valence-corrected chi connectivity index (χ4v) is 2.43. The monoisotopic (exact) mass is 198 g/mol. The standard InChI is InChI=1S/C10H14O2S/c1-2-4-10(11-5-6-12-10)9-3-7-13-8-9/h3,7-8H,2,4-6H2,1H3. The lowest BCUT2D eigenvalue weighted by Crippen LogP contribution is -2.26. The summed E-state index contributed by atoms with van der Waals surface area (Å²) in [7, 11) is 0. The number of rotatable bonds is 3. The Kier molecular flexibility index (Phi) is 2.67. The van der Waals surface area contributed by atoms with Crippen molar-refractivity contribution in [3.8, 4) is 0 Å². The number of thiophene rings is 1. The normalized spacial score (nSPS) is 20.7. The van der Waals surface area contributed by atoms with Crippen LogP contribution in [0.5, 0.6) is 0 Å². The minimum Gasteiger partial charge on any atom is -0.343 e. The van der Waals surface area contributed by atoms with Crippen LogP contribution in [0.2, 0.25) is 0 Å². The van der Waals surface area contributed by atoms with E-state index in [1.165, 1.54) is 5.56 Å². The van der Waals surface area contributed by atoms with E-state index in [0.29, 0.717) is 0 Å². The van der Waals surface area contributed by atoms with Crippen LogP contribution in [-0.4, -0.2) is 13.2 Å². The third-order valence-corrected chi connectivity index (χ3v) is 2.98. The molecular formula is C10H14O2S. The van der Waals surface area contributed by atoms with Crippen LogP contribution in [0.25, 0.3) is 0 Å². The average Bonchev–Trinajstić information content (AvgIpc) is 2.73. The third-order valence-electron chi connectivity index (χ3n) is 2.29. The zero-order valence-electron chi connectivity index (χ0n) is 7.79. The predicted octanol–water partition coefficient (Wildman–Crippen LogP) is 2.75. The van der Waals surface area contributed by atoms with E-state index in [1.807, 2.05) is 0 Å². The van der Waals surface area contributed by atoms with E-state index < -0.39 is 5.79 Å². The second kappa shape index (κ2) is 3.78. The van der Waals surface area contributed by atoms with Crippen molar-refractivity contribution in [2.45, 2.75) is 25.6 Å². The van der Waals surface area contributed by atoms with Gasteiger partial charge in [0, 0.05) is 12.0 Å². The molecule has 0 amide bonds. The SMILES string of the molecule is CCCC1(c2ccsc2)OCCO1. The maximum atomic E-state index is 5.71. The zero-order valence-corrected chi connectivity index (χ0v) is 8.60. The molecule has 0 atom stereocenters. The Hall–Kier alpha value is -0.380. The van der Waals surface area contributed by atoms with Gasteiger partial charge in [-0.25, -0.2) is 0 Å². The van der Waals surface area contributed by atoms with Gasteiger partial charge in [-0.05, 0) is 16.8 Å². The average molecular weight is 198 g/mol. The Labute approximate surface area is 82.5 Å². The van der Waals surface area contributed by atoms with Gasteiger partial charge in [0.15, 0.2) is 5.79 Å². The van der Waals surface area contributed by atoms with Crippen LogP contribution >= 0.6 is 11.3 Å². The molecular weight excluding hydrogens is 184 g/mol. The van der Waals surface area contributed by atoms with Crippen molar-refractivity contribution in [2.75, 3.05) is 13.2 Å². The molecule has 72 valence electrons. The summed E-state index contributed by atoms with van der Waals surface area (Å²) in [6.45, 7) is 3.59. The van der Waals surface area contributed by atoms with Crippen LogP contribution in [0, 0.1) is 0 Å². The molecule has 1 aromatic rings. The molecule has 1 fully saturated rings. The summed E-state index contributed by atoms with van der Waals surface area (Å²) in [5.41, 5.74) is 1.18. The molecule has 0 N–H and O–H groups in total. The molecule has 0 unspecified atom stereocenters. The van der Waals surface area contributed by atoms with Crippen LogP contribution < -0.4 is 0 Å². The van der Waals surface area contributed by atoms with E-state index in [0.717, 1.165) is 26.1 Å². The van der Waals surface area contributed by atoms with Crippen LogP contribution in [0.3, 0.4) is 0 Å². The van der Waals surface area contributed by atoms with Gasteiger partial charge in [-0.15, -0.1) is 0 Å². The Balaban J connectivity index is 2.22. The molecule has 0 saturated carbocycles. The third kappa shape index (κ3) is 1.64. The molecule has 3 heteroatoms.